The van der Waals surface area contributed by atoms with E-state index in [2.05, 4.69) is 46.4 Å². The third-order valence-electron chi connectivity index (χ3n) is 3.50. The van der Waals surface area contributed by atoms with Crippen LogP contribution in [-0.2, 0) is 6.54 Å². The zero-order valence-electron chi connectivity index (χ0n) is 11.5. The first-order valence-electron chi connectivity index (χ1n) is 6.97. The highest BCUT2D eigenvalue weighted by atomic mass is 79.9. The standard InChI is InChI=1S/C17H18BrNO/c1-12-4-2-3-5-16(12)20-17-10-14(18)7-6-13(17)11-19-15-8-9-15/h2-7,10,15,19H,8-9,11H2,1H3. The number of nitrogens with one attached hydrogen (secondary N) is 1. The Labute approximate surface area is 128 Å². The van der Waals surface area contributed by atoms with Crippen LogP contribution < -0.4 is 10.1 Å². The van der Waals surface area contributed by atoms with Crippen molar-refractivity contribution in [1.29, 1.82) is 0 Å². The predicted molar refractivity (Wildman–Crippen MR) is 85.3 cm³/mol. The van der Waals surface area contributed by atoms with Crippen LogP contribution in [0.1, 0.15) is 24.0 Å². The minimum atomic E-state index is 0.699. The molecule has 2 nitrogen and oxygen atoms in total. The first kappa shape index (κ1) is 13.7. The number of hydrogen-bond acceptors (Lipinski definition) is 2. The number of hydrogen-bond donors (Lipinski definition) is 1. The molecule has 0 heterocycles. The van der Waals surface area contributed by atoms with Crippen molar-refractivity contribution in [1.82, 2.24) is 5.32 Å². The summed E-state index contributed by atoms with van der Waals surface area (Å²) in [6.07, 6.45) is 2.59. The van der Waals surface area contributed by atoms with E-state index in [1.807, 2.05) is 24.3 Å². The number of ether oxygens (including phenoxy) is 1. The fourth-order valence-corrected chi connectivity index (χ4v) is 2.44. The lowest BCUT2D eigenvalue weighted by Crippen LogP contribution is -2.15. The number of para-hydroxylation sites is 1. The molecule has 1 fully saturated rings. The summed E-state index contributed by atoms with van der Waals surface area (Å²) < 4.78 is 7.14. The van der Waals surface area contributed by atoms with Gasteiger partial charge in [0.25, 0.3) is 0 Å². The van der Waals surface area contributed by atoms with E-state index in [1.165, 1.54) is 18.4 Å². The molecule has 0 bridgehead atoms. The van der Waals surface area contributed by atoms with Crippen LogP contribution in [0.3, 0.4) is 0 Å². The monoisotopic (exact) mass is 331 g/mol. The molecule has 0 unspecified atom stereocenters. The van der Waals surface area contributed by atoms with Crippen molar-refractivity contribution >= 4 is 15.9 Å². The molecule has 1 aliphatic carbocycles. The highest BCUT2D eigenvalue weighted by molar-refractivity contribution is 9.10. The van der Waals surface area contributed by atoms with E-state index in [4.69, 9.17) is 4.74 Å². The topological polar surface area (TPSA) is 21.3 Å². The SMILES string of the molecule is Cc1ccccc1Oc1cc(Br)ccc1CNC1CC1. The van der Waals surface area contributed by atoms with E-state index in [0.717, 1.165) is 28.1 Å². The maximum atomic E-state index is 6.10. The Kier molecular flexibility index (Phi) is 4.08. The molecule has 1 N–H and O–H groups in total. The average molecular weight is 332 g/mol. The van der Waals surface area contributed by atoms with Gasteiger partial charge in [0.05, 0.1) is 0 Å². The van der Waals surface area contributed by atoms with Gasteiger partial charge in [-0.3, -0.25) is 0 Å². The minimum Gasteiger partial charge on any atom is -0.457 e. The quantitative estimate of drug-likeness (QED) is 0.849. The second-order valence-electron chi connectivity index (χ2n) is 5.27. The lowest BCUT2D eigenvalue weighted by atomic mass is 10.2. The Morgan fingerprint density at radius 2 is 1.95 bits per heavy atom. The van der Waals surface area contributed by atoms with Gasteiger partial charge in [-0.1, -0.05) is 40.2 Å². The molecule has 2 aromatic rings. The van der Waals surface area contributed by atoms with Gasteiger partial charge in [-0.05, 0) is 43.5 Å². The number of halogens is 1. The summed E-state index contributed by atoms with van der Waals surface area (Å²) in [7, 11) is 0. The maximum Gasteiger partial charge on any atom is 0.133 e. The van der Waals surface area contributed by atoms with Crippen molar-refractivity contribution in [2.45, 2.75) is 32.4 Å². The normalized spacial score (nSPS) is 14.3. The van der Waals surface area contributed by atoms with Crippen molar-refractivity contribution in [3.63, 3.8) is 0 Å². The molecule has 1 aliphatic rings. The predicted octanol–water partition coefficient (Wildman–Crippen LogP) is 4.80. The van der Waals surface area contributed by atoms with E-state index in [1.54, 1.807) is 0 Å². The molecule has 3 heteroatoms. The third kappa shape index (κ3) is 3.41. The van der Waals surface area contributed by atoms with Crippen molar-refractivity contribution < 1.29 is 4.74 Å². The summed E-state index contributed by atoms with van der Waals surface area (Å²) >= 11 is 3.52. The summed E-state index contributed by atoms with van der Waals surface area (Å²) in [6, 6.07) is 15.0. The number of aryl methyl sites for hydroxylation is 1. The van der Waals surface area contributed by atoms with Crippen LogP contribution in [-0.4, -0.2) is 6.04 Å². The van der Waals surface area contributed by atoms with Crippen molar-refractivity contribution in [2.75, 3.05) is 0 Å². The Hall–Kier alpha value is -1.32. The van der Waals surface area contributed by atoms with E-state index in [0.29, 0.717) is 6.04 Å². The van der Waals surface area contributed by atoms with Crippen LogP contribution in [0.5, 0.6) is 11.5 Å². The van der Waals surface area contributed by atoms with E-state index >= 15 is 0 Å². The van der Waals surface area contributed by atoms with Gasteiger partial charge < -0.3 is 10.1 Å². The summed E-state index contributed by atoms with van der Waals surface area (Å²) in [6.45, 7) is 2.93. The van der Waals surface area contributed by atoms with Crippen molar-refractivity contribution in [3.8, 4) is 11.5 Å². The molecule has 0 saturated heterocycles. The van der Waals surface area contributed by atoms with Crippen LogP contribution in [0, 0.1) is 6.92 Å². The van der Waals surface area contributed by atoms with Gasteiger partial charge in [0.2, 0.25) is 0 Å². The summed E-state index contributed by atoms with van der Waals surface area (Å²) in [5.74, 6) is 1.83. The highest BCUT2D eigenvalue weighted by Gasteiger charge is 2.20. The summed E-state index contributed by atoms with van der Waals surface area (Å²) in [5.41, 5.74) is 2.34. The Balaban J connectivity index is 1.82. The molecule has 0 aromatic heterocycles. The summed E-state index contributed by atoms with van der Waals surface area (Å²) in [5, 5.41) is 3.54. The molecule has 0 radical (unpaired) electrons. The first-order valence-corrected chi connectivity index (χ1v) is 7.77. The largest absolute Gasteiger partial charge is 0.457 e. The van der Waals surface area contributed by atoms with Crippen LogP contribution >= 0.6 is 15.9 Å². The molecule has 2 aromatic carbocycles. The maximum absolute atomic E-state index is 6.10. The lowest BCUT2D eigenvalue weighted by molar-refractivity contribution is 0.468. The van der Waals surface area contributed by atoms with Gasteiger partial charge >= 0.3 is 0 Å². The van der Waals surface area contributed by atoms with Crippen LogP contribution in [0.15, 0.2) is 46.9 Å². The average Bonchev–Trinajstić information content (AvgIpc) is 3.25. The van der Waals surface area contributed by atoms with Crippen molar-refractivity contribution in [3.05, 3.63) is 58.1 Å². The second kappa shape index (κ2) is 5.98. The van der Waals surface area contributed by atoms with Crippen molar-refractivity contribution in [2.24, 2.45) is 0 Å². The van der Waals surface area contributed by atoms with Crippen LogP contribution in [0.2, 0.25) is 0 Å². The van der Waals surface area contributed by atoms with Gasteiger partial charge in [0.1, 0.15) is 11.5 Å². The molecular formula is C17H18BrNO. The second-order valence-corrected chi connectivity index (χ2v) is 6.19. The van der Waals surface area contributed by atoms with Gasteiger partial charge in [-0.15, -0.1) is 0 Å². The Bertz CT molecular complexity index is 608. The highest BCUT2D eigenvalue weighted by Crippen LogP contribution is 2.31. The third-order valence-corrected chi connectivity index (χ3v) is 3.99. The molecule has 0 atom stereocenters. The van der Waals surface area contributed by atoms with E-state index in [9.17, 15) is 0 Å². The fourth-order valence-electron chi connectivity index (χ4n) is 2.10. The molecular weight excluding hydrogens is 314 g/mol. The number of benzene rings is 2. The smallest absolute Gasteiger partial charge is 0.133 e. The first-order chi connectivity index (χ1) is 9.72. The van der Waals surface area contributed by atoms with Gasteiger partial charge in [0.15, 0.2) is 0 Å². The molecule has 0 aliphatic heterocycles. The fraction of sp³-hybridized carbons (Fsp3) is 0.294. The zero-order chi connectivity index (χ0) is 13.9. The lowest BCUT2D eigenvalue weighted by Gasteiger charge is -2.14. The van der Waals surface area contributed by atoms with Crippen LogP contribution in [0.25, 0.3) is 0 Å². The molecule has 20 heavy (non-hydrogen) atoms. The zero-order valence-corrected chi connectivity index (χ0v) is 13.1. The Morgan fingerprint density at radius 1 is 1.15 bits per heavy atom. The Morgan fingerprint density at radius 3 is 2.70 bits per heavy atom. The molecule has 104 valence electrons. The van der Waals surface area contributed by atoms with E-state index in [-0.39, 0.29) is 0 Å². The minimum absolute atomic E-state index is 0.699. The molecule has 0 amide bonds. The number of rotatable bonds is 5. The van der Waals surface area contributed by atoms with Gasteiger partial charge in [-0.2, -0.15) is 0 Å². The summed E-state index contributed by atoms with van der Waals surface area (Å²) in [4.78, 5) is 0. The molecule has 1 saturated carbocycles. The van der Waals surface area contributed by atoms with E-state index < -0.39 is 0 Å². The molecule has 0 spiro atoms. The van der Waals surface area contributed by atoms with Gasteiger partial charge in [0, 0.05) is 22.6 Å². The van der Waals surface area contributed by atoms with Crippen LogP contribution in [0.4, 0.5) is 0 Å². The van der Waals surface area contributed by atoms with Gasteiger partial charge in [-0.25, -0.2) is 0 Å². The molecule has 3 rings (SSSR count).